The third-order valence-electron chi connectivity index (χ3n) is 4.11. The van der Waals surface area contributed by atoms with Crippen LogP contribution in [0.5, 0.6) is 0 Å². The Morgan fingerprint density at radius 2 is 1.71 bits per heavy atom. The maximum atomic E-state index is 13.9. The van der Waals surface area contributed by atoms with Crippen molar-refractivity contribution in [1.82, 2.24) is 0 Å². The van der Waals surface area contributed by atoms with Crippen molar-refractivity contribution in [3.8, 4) is 0 Å². The van der Waals surface area contributed by atoms with E-state index in [1.807, 2.05) is 24.3 Å². The van der Waals surface area contributed by atoms with Crippen LogP contribution >= 0.6 is 11.6 Å². The van der Waals surface area contributed by atoms with E-state index in [1.54, 1.807) is 0 Å². The van der Waals surface area contributed by atoms with Crippen LogP contribution in [0.4, 0.5) is 13.2 Å². The van der Waals surface area contributed by atoms with Gasteiger partial charge in [-0.1, -0.05) is 24.3 Å². The zero-order valence-corrected chi connectivity index (χ0v) is 12.0. The van der Waals surface area contributed by atoms with E-state index in [0.717, 1.165) is 30.9 Å². The summed E-state index contributed by atoms with van der Waals surface area (Å²) in [6.45, 7) is 0. The molecule has 3 rings (SSSR count). The predicted octanol–water partition coefficient (Wildman–Crippen LogP) is 5.50. The Morgan fingerprint density at radius 3 is 2.52 bits per heavy atom. The van der Waals surface area contributed by atoms with Gasteiger partial charge in [0, 0.05) is 17.5 Å². The molecule has 110 valence electrons. The van der Waals surface area contributed by atoms with Crippen LogP contribution in [0.25, 0.3) is 0 Å². The van der Waals surface area contributed by atoms with Gasteiger partial charge in [0.15, 0.2) is 11.6 Å². The Balaban J connectivity index is 2.00. The van der Waals surface area contributed by atoms with Crippen LogP contribution in [0.1, 0.15) is 40.8 Å². The molecule has 0 saturated carbocycles. The van der Waals surface area contributed by atoms with E-state index in [2.05, 4.69) is 0 Å². The van der Waals surface area contributed by atoms with Crippen molar-refractivity contribution >= 4 is 11.6 Å². The van der Waals surface area contributed by atoms with E-state index < -0.39 is 22.8 Å². The van der Waals surface area contributed by atoms with Crippen molar-refractivity contribution < 1.29 is 13.2 Å². The predicted molar refractivity (Wildman–Crippen MR) is 77.0 cm³/mol. The summed E-state index contributed by atoms with van der Waals surface area (Å²) in [5.41, 5.74) is 2.30. The second-order valence-electron chi connectivity index (χ2n) is 5.39. The monoisotopic (exact) mass is 310 g/mol. The van der Waals surface area contributed by atoms with E-state index in [1.165, 1.54) is 5.56 Å². The highest BCUT2D eigenvalue weighted by atomic mass is 35.5. The number of halogens is 4. The Kier molecular flexibility index (Phi) is 3.94. The molecule has 0 heterocycles. The number of benzene rings is 2. The van der Waals surface area contributed by atoms with Crippen LogP contribution in [-0.2, 0) is 6.42 Å². The molecule has 1 aliphatic carbocycles. The third kappa shape index (κ3) is 2.67. The molecule has 21 heavy (non-hydrogen) atoms. The maximum Gasteiger partial charge on any atom is 0.161 e. The van der Waals surface area contributed by atoms with Crippen LogP contribution in [0.2, 0.25) is 0 Å². The van der Waals surface area contributed by atoms with Gasteiger partial charge in [0.05, 0.1) is 5.38 Å². The van der Waals surface area contributed by atoms with Crippen molar-refractivity contribution in [3.63, 3.8) is 0 Å². The third-order valence-corrected chi connectivity index (χ3v) is 4.65. The first-order valence-corrected chi connectivity index (χ1v) is 7.38. The minimum Gasteiger partial charge on any atom is -0.207 e. The highest BCUT2D eigenvalue weighted by Gasteiger charge is 2.30. The minimum atomic E-state index is -1.19. The van der Waals surface area contributed by atoms with Gasteiger partial charge in [-0.15, -0.1) is 11.6 Å². The lowest BCUT2D eigenvalue weighted by atomic mass is 9.79. The van der Waals surface area contributed by atoms with Crippen LogP contribution in [0.15, 0.2) is 36.4 Å². The molecule has 0 radical (unpaired) electrons. The fourth-order valence-corrected chi connectivity index (χ4v) is 3.49. The Morgan fingerprint density at radius 1 is 1.00 bits per heavy atom. The Labute approximate surface area is 126 Å². The van der Waals surface area contributed by atoms with E-state index in [0.29, 0.717) is 6.07 Å². The van der Waals surface area contributed by atoms with Gasteiger partial charge in [-0.3, -0.25) is 0 Å². The number of hydrogen-bond donors (Lipinski definition) is 0. The molecule has 0 fully saturated rings. The molecule has 0 aliphatic heterocycles. The lowest BCUT2D eigenvalue weighted by molar-refractivity contribution is 0.478. The fraction of sp³-hybridized carbons (Fsp3) is 0.294. The molecule has 0 bridgehead atoms. The first-order chi connectivity index (χ1) is 10.1. The minimum absolute atomic E-state index is 0.0252. The molecule has 4 heteroatoms. The van der Waals surface area contributed by atoms with Gasteiger partial charge < -0.3 is 0 Å². The van der Waals surface area contributed by atoms with Gasteiger partial charge in [0.25, 0.3) is 0 Å². The van der Waals surface area contributed by atoms with Crippen molar-refractivity contribution in [2.45, 2.75) is 30.6 Å². The molecule has 0 aromatic heterocycles. The summed E-state index contributed by atoms with van der Waals surface area (Å²) in [4.78, 5) is 0. The molecule has 0 saturated heterocycles. The first kappa shape index (κ1) is 14.5. The maximum absolute atomic E-state index is 13.9. The lowest BCUT2D eigenvalue weighted by Crippen LogP contribution is -2.15. The Hall–Kier alpha value is -1.48. The molecule has 0 spiro atoms. The second kappa shape index (κ2) is 5.72. The number of hydrogen-bond acceptors (Lipinski definition) is 0. The smallest absolute Gasteiger partial charge is 0.161 e. The normalized spacial score (nSPS) is 19.1. The first-order valence-electron chi connectivity index (χ1n) is 6.94. The number of alkyl halides is 1. The summed E-state index contributed by atoms with van der Waals surface area (Å²) in [7, 11) is 0. The number of rotatable bonds is 2. The molecule has 2 unspecified atom stereocenters. The molecule has 2 atom stereocenters. The van der Waals surface area contributed by atoms with Crippen molar-refractivity contribution in [2.75, 3.05) is 0 Å². The SMILES string of the molecule is Fc1cc(F)c(C(Cl)C2CCCc3ccccc32)cc1F. The summed E-state index contributed by atoms with van der Waals surface area (Å²) >= 11 is 6.41. The van der Waals surface area contributed by atoms with E-state index in [9.17, 15) is 13.2 Å². The van der Waals surface area contributed by atoms with Gasteiger partial charge in [-0.05, 0) is 36.5 Å². The molecular formula is C17H14ClF3. The topological polar surface area (TPSA) is 0 Å². The summed E-state index contributed by atoms with van der Waals surface area (Å²) in [6, 6.07) is 9.33. The second-order valence-corrected chi connectivity index (χ2v) is 5.86. The fourth-order valence-electron chi connectivity index (χ4n) is 3.06. The van der Waals surface area contributed by atoms with Gasteiger partial charge in [-0.25, -0.2) is 13.2 Å². The van der Waals surface area contributed by atoms with Crippen molar-refractivity contribution in [1.29, 1.82) is 0 Å². The van der Waals surface area contributed by atoms with Gasteiger partial charge in [0.1, 0.15) is 5.82 Å². The quantitative estimate of drug-likeness (QED) is 0.507. The van der Waals surface area contributed by atoms with Crippen LogP contribution in [0.3, 0.4) is 0 Å². The van der Waals surface area contributed by atoms with E-state index >= 15 is 0 Å². The lowest BCUT2D eigenvalue weighted by Gasteiger charge is -2.29. The zero-order chi connectivity index (χ0) is 15.0. The van der Waals surface area contributed by atoms with Gasteiger partial charge in [0.2, 0.25) is 0 Å². The average molecular weight is 311 g/mol. The average Bonchev–Trinajstić information content (AvgIpc) is 2.49. The molecular weight excluding hydrogens is 297 g/mol. The summed E-state index contributed by atoms with van der Waals surface area (Å²) in [5, 5.41) is -0.707. The van der Waals surface area contributed by atoms with Gasteiger partial charge in [-0.2, -0.15) is 0 Å². The molecule has 1 aliphatic rings. The van der Waals surface area contributed by atoms with Crippen molar-refractivity contribution in [2.24, 2.45) is 0 Å². The molecule has 0 N–H and O–H groups in total. The summed E-state index contributed by atoms with van der Waals surface area (Å²) < 4.78 is 40.3. The molecule has 0 nitrogen and oxygen atoms in total. The van der Waals surface area contributed by atoms with Gasteiger partial charge >= 0.3 is 0 Å². The molecule has 2 aromatic rings. The number of aryl methyl sites for hydroxylation is 1. The van der Waals surface area contributed by atoms with Crippen LogP contribution in [-0.4, -0.2) is 0 Å². The molecule has 2 aromatic carbocycles. The molecule has 0 amide bonds. The largest absolute Gasteiger partial charge is 0.207 e. The van der Waals surface area contributed by atoms with Crippen LogP contribution < -0.4 is 0 Å². The van der Waals surface area contributed by atoms with E-state index in [-0.39, 0.29) is 11.5 Å². The summed E-state index contributed by atoms with van der Waals surface area (Å²) in [5.74, 6) is -3.14. The standard InChI is InChI=1S/C17H14ClF3/c18-17(13-8-15(20)16(21)9-14(13)19)12-7-3-5-10-4-1-2-6-11(10)12/h1-2,4,6,8-9,12,17H,3,5,7H2. The summed E-state index contributed by atoms with van der Waals surface area (Å²) in [6.07, 6.45) is 2.73. The van der Waals surface area contributed by atoms with Crippen LogP contribution in [0, 0.1) is 17.5 Å². The Bertz CT molecular complexity index is 669. The number of fused-ring (bicyclic) bond motifs is 1. The zero-order valence-electron chi connectivity index (χ0n) is 11.3. The highest BCUT2D eigenvalue weighted by molar-refractivity contribution is 6.21. The van der Waals surface area contributed by atoms with E-state index in [4.69, 9.17) is 11.6 Å². The van der Waals surface area contributed by atoms with Crippen molar-refractivity contribution in [3.05, 3.63) is 70.5 Å². The highest BCUT2D eigenvalue weighted by Crippen LogP contribution is 2.44.